The van der Waals surface area contributed by atoms with E-state index in [1.54, 1.807) is 0 Å². The summed E-state index contributed by atoms with van der Waals surface area (Å²) in [7, 11) is 0. The molecule has 3 heteroatoms. The average molecular weight is 251 g/mol. The molecule has 0 unspecified atom stereocenters. The summed E-state index contributed by atoms with van der Waals surface area (Å²) >= 11 is 3.38. The number of hydrogen-bond acceptors (Lipinski definition) is 1. The second kappa shape index (κ2) is 5.57. The Hall–Kier alpha value is -0.0500. The molecular formula is C9H13BrClN. The van der Waals surface area contributed by atoms with Crippen molar-refractivity contribution in [2.24, 2.45) is 5.73 Å². The van der Waals surface area contributed by atoms with E-state index in [2.05, 4.69) is 28.1 Å². The van der Waals surface area contributed by atoms with Crippen LogP contribution in [0.25, 0.3) is 0 Å². The second-order valence-electron chi connectivity index (χ2n) is 2.81. The molecule has 68 valence electrons. The first-order valence-electron chi connectivity index (χ1n) is 3.68. The lowest BCUT2D eigenvalue weighted by atomic mass is 10.1. The Bertz CT molecular complexity index is 220. The van der Waals surface area contributed by atoms with Crippen LogP contribution in [0.15, 0.2) is 28.7 Å². The maximum atomic E-state index is 5.65. The van der Waals surface area contributed by atoms with Crippen molar-refractivity contribution < 1.29 is 0 Å². The van der Waals surface area contributed by atoms with Crippen LogP contribution in [0.5, 0.6) is 0 Å². The van der Waals surface area contributed by atoms with Crippen LogP contribution in [0.1, 0.15) is 12.5 Å². The Morgan fingerprint density at radius 3 is 2.25 bits per heavy atom. The van der Waals surface area contributed by atoms with E-state index in [0.29, 0.717) is 0 Å². The van der Waals surface area contributed by atoms with Crippen molar-refractivity contribution in [2.45, 2.75) is 19.4 Å². The van der Waals surface area contributed by atoms with Crippen LogP contribution < -0.4 is 5.73 Å². The molecule has 0 fully saturated rings. The Balaban J connectivity index is 0.00000121. The van der Waals surface area contributed by atoms with Crippen LogP contribution in [0.4, 0.5) is 0 Å². The molecule has 0 radical (unpaired) electrons. The zero-order valence-electron chi connectivity index (χ0n) is 6.96. The molecule has 1 atom stereocenters. The normalized spacial score (nSPS) is 11.9. The molecule has 0 aliphatic heterocycles. The summed E-state index contributed by atoms with van der Waals surface area (Å²) in [5.41, 5.74) is 6.95. The number of rotatable bonds is 2. The standard InChI is InChI=1S/C9H12BrN.ClH/c1-7(11)6-8-2-4-9(10)5-3-8;/h2-5,7H,6,11H2,1H3;1H/t7-;/m1./s1. The molecule has 1 aromatic carbocycles. The van der Waals surface area contributed by atoms with Gasteiger partial charge in [0.1, 0.15) is 0 Å². The minimum Gasteiger partial charge on any atom is -0.328 e. The van der Waals surface area contributed by atoms with Gasteiger partial charge in [-0.15, -0.1) is 12.4 Å². The topological polar surface area (TPSA) is 26.0 Å². The Labute approximate surface area is 87.9 Å². The first-order chi connectivity index (χ1) is 5.18. The fourth-order valence-corrected chi connectivity index (χ4v) is 1.26. The number of nitrogens with two attached hydrogens (primary N) is 1. The zero-order chi connectivity index (χ0) is 8.27. The van der Waals surface area contributed by atoms with E-state index in [-0.39, 0.29) is 18.4 Å². The Kier molecular flexibility index (Phi) is 5.55. The molecule has 0 saturated heterocycles. The number of benzene rings is 1. The second-order valence-corrected chi connectivity index (χ2v) is 3.72. The highest BCUT2D eigenvalue weighted by molar-refractivity contribution is 9.10. The van der Waals surface area contributed by atoms with Crippen LogP contribution in [-0.4, -0.2) is 6.04 Å². The van der Waals surface area contributed by atoms with Crippen LogP contribution in [-0.2, 0) is 6.42 Å². The van der Waals surface area contributed by atoms with Crippen LogP contribution in [0.3, 0.4) is 0 Å². The fourth-order valence-electron chi connectivity index (χ4n) is 0.992. The smallest absolute Gasteiger partial charge is 0.0175 e. The fraction of sp³-hybridized carbons (Fsp3) is 0.333. The molecule has 0 bridgehead atoms. The average Bonchev–Trinajstić information content (AvgIpc) is 1.93. The first-order valence-corrected chi connectivity index (χ1v) is 4.48. The lowest BCUT2D eigenvalue weighted by molar-refractivity contribution is 0.738. The lowest BCUT2D eigenvalue weighted by Crippen LogP contribution is -2.17. The van der Waals surface area contributed by atoms with Crippen molar-refractivity contribution in [1.82, 2.24) is 0 Å². The Morgan fingerprint density at radius 2 is 1.83 bits per heavy atom. The molecule has 0 aromatic heterocycles. The predicted molar refractivity (Wildman–Crippen MR) is 58.7 cm³/mol. The highest BCUT2D eigenvalue weighted by atomic mass is 79.9. The Morgan fingerprint density at radius 1 is 1.33 bits per heavy atom. The maximum absolute atomic E-state index is 5.65. The van der Waals surface area contributed by atoms with Gasteiger partial charge in [-0.3, -0.25) is 0 Å². The largest absolute Gasteiger partial charge is 0.328 e. The third kappa shape index (κ3) is 4.10. The van der Waals surface area contributed by atoms with Crippen molar-refractivity contribution in [1.29, 1.82) is 0 Å². The third-order valence-corrected chi connectivity index (χ3v) is 2.00. The van der Waals surface area contributed by atoms with E-state index < -0.39 is 0 Å². The van der Waals surface area contributed by atoms with Gasteiger partial charge >= 0.3 is 0 Å². The van der Waals surface area contributed by atoms with Crippen molar-refractivity contribution in [3.8, 4) is 0 Å². The monoisotopic (exact) mass is 249 g/mol. The van der Waals surface area contributed by atoms with Gasteiger partial charge in [0.05, 0.1) is 0 Å². The summed E-state index contributed by atoms with van der Waals surface area (Å²) in [6.45, 7) is 2.02. The highest BCUT2D eigenvalue weighted by Gasteiger charge is 1.96. The van der Waals surface area contributed by atoms with E-state index in [1.807, 2.05) is 19.1 Å². The zero-order valence-corrected chi connectivity index (χ0v) is 9.36. The van der Waals surface area contributed by atoms with Gasteiger partial charge in [-0.25, -0.2) is 0 Å². The summed E-state index contributed by atoms with van der Waals surface area (Å²) in [5.74, 6) is 0. The van der Waals surface area contributed by atoms with Gasteiger partial charge in [0, 0.05) is 10.5 Å². The SMILES string of the molecule is C[C@@H](N)Cc1ccc(Br)cc1.Cl. The lowest BCUT2D eigenvalue weighted by Gasteiger charge is -2.03. The van der Waals surface area contributed by atoms with Gasteiger partial charge < -0.3 is 5.73 Å². The highest BCUT2D eigenvalue weighted by Crippen LogP contribution is 2.11. The van der Waals surface area contributed by atoms with E-state index in [4.69, 9.17) is 5.73 Å². The van der Waals surface area contributed by atoms with Gasteiger partial charge in [-0.1, -0.05) is 28.1 Å². The molecule has 2 N–H and O–H groups in total. The predicted octanol–water partition coefficient (Wildman–Crippen LogP) is 2.76. The number of hydrogen-bond donors (Lipinski definition) is 1. The molecular weight excluding hydrogens is 237 g/mol. The molecule has 1 rings (SSSR count). The molecule has 1 nitrogen and oxygen atoms in total. The van der Waals surface area contributed by atoms with Crippen LogP contribution >= 0.6 is 28.3 Å². The van der Waals surface area contributed by atoms with Crippen molar-refractivity contribution in [3.05, 3.63) is 34.3 Å². The molecule has 0 aliphatic carbocycles. The minimum absolute atomic E-state index is 0. The molecule has 12 heavy (non-hydrogen) atoms. The van der Waals surface area contributed by atoms with Gasteiger partial charge in [-0.05, 0) is 31.0 Å². The number of halogens is 2. The molecule has 1 aromatic rings. The first kappa shape index (κ1) is 11.9. The van der Waals surface area contributed by atoms with Crippen molar-refractivity contribution in [2.75, 3.05) is 0 Å². The van der Waals surface area contributed by atoms with Gasteiger partial charge in [0.2, 0.25) is 0 Å². The van der Waals surface area contributed by atoms with E-state index in [1.165, 1.54) is 5.56 Å². The molecule has 0 aliphatic rings. The minimum atomic E-state index is 0. The van der Waals surface area contributed by atoms with E-state index in [9.17, 15) is 0 Å². The van der Waals surface area contributed by atoms with Crippen molar-refractivity contribution >= 4 is 28.3 Å². The molecule has 0 amide bonds. The summed E-state index contributed by atoms with van der Waals surface area (Å²) in [6, 6.07) is 8.51. The third-order valence-electron chi connectivity index (χ3n) is 1.47. The summed E-state index contributed by atoms with van der Waals surface area (Å²) in [6.07, 6.45) is 0.952. The van der Waals surface area contributed by atoms with Crippen LogP contribution in [0, 0.1) is 0 Å². The summed E-state index contributed by atoms with van der Waals surface area (Å²) in [5, 5.41) is 0. The quantitative estimate of drug-likeness (QED) is 0.858. The molecule has 0 spiro atoms. The molecule has 0 heterocycles. The van der Waals surface area contributed by atoms with Gasteiger partial charge in [-0.2, -0.15) is 0 Å². The van der Waals surface area contributed by atoms with Crippen molar-refractivity contribution in [3.63, 3.8) is 0 Å². The maximum Gasteiger partial charge on any atom is 0.0175 e. The van der Waals surface area contributed by atoms with E-state index in [0.717, 1.165) is 10.9 Å². The van der Waals surface area contributed by atoms with Crippen LogP contribution in [0.2, 0.25) is 0 Å². The van der Waals surface area contributed by atoms with Gasteiger partial charge in [0.15, 0.2) is 0 Å². The molecule has 0 saturated carbocycles. The summed E-state index contributed by atoms with van der Waals surface area (Å²) < 4.78 is 1.12. The summed E-state index contributed by atoms with van der Waals surface area (Å²) in [4.78, 5) is 0. The van der Waals surface area contributed by atoms with E-state index >= 15 is 0 Å². The van der Waals surface area contributed by atoms with Gasteiger partial charge in [0.25, 0.3) is 0 Å².